The van der Waals surface area contributed by atoms with Crippen LogP contribution >= 0.6 is 0 Å². The summed E-state index contributed by atoms with van der Waals surface area (Å²) in [6.45, 7) is 0. The van der Waals surface area contributed by atoms with E-state index in [-0.39, 0.29) is 11.9 Å². The summed E-state index contributed by atoms with van der Waals surface area (Å²) in [5.74, 6) is -0.858. The molecule has 1 heterocycles. The average molecular weight is 127 g/mol. The van der Waals surface area contributed by atoms with Gasteiger partial charge in [-0.05, 0) is 12.5 Å². The third-order valence-electron chi connectivity index (χ3n) is 1.82. The van der Waals surface area contributed by atoms with Crippen molar-refractivity contribution in [2.75, 3.05) is 0 Å². The molecule has 0 saturated carbocycles. The smallest absolute Gasteiger partial charge is 0.298 e. The highest BCUT2D eigenvalue weighted by Gasteiger charge is 2.28. The molecule has 0 radical (unpaired) electrons. The van der Waals surface area contributed by atoms with Gasteiger partial charge in [-0.1, -0.05) is 6.32 Å². The minimum atomic E-state index is -0.692. The highest BCUT2D eigenvalue weighted by molar-refractivity contribution is 6.44. The highest BCUT2D eigenvalue weighted by atomic mass is 16.4. The molecule has 0 aromatic rings. The maximum absolute atomic E-state index is 10.3. The molecule has 1 rings (SSSR count). The van der Waals surface area contributed by atoms with Gasteiger partial charge in [0.25, 0.3) is 5.97 Å². The summed E-state index contributed by atoms with van der Waals surface area (Å²) in [7, 11) is 0.760. The Morgan fingerprint density at radius 1 is 1.78 bits per heavy atom. The highest BCUT2D eigenvalue weighted by Crippen LogP contribution is 2.22. The molecule has 50 valence electrons. The van der Waals surface area contributed by atoms with E-state index in [1.807, 2.05) is 0 Å². The molecule has 1 saturated heterocycles. The van der Waals surface area contributed by atoms with Crippen molar-refractivity contribution in [3.63, 3.8) is 0 Å². The molecule has 2 atom stereocenters. The zero-order valence-electron chi connectivity index (χ0n) is 5.21. The Labute approximate surface area is 54.5 Å². The van der Waals surface area contributed by atoms with Gasteiger partial charge < -0.3 is 10.8 Å². The van der Waals surface area contributed by atoms with Gasteiger partial charge in [0.15, 0.2) is 0 Å². The van der Waals surface area contributed by atoms with Gasteiger partial charge in [0.1, 0.15) is 7.28 Å². The van der Waals surface area contributed by atoms with Crippen LogP contribution in [0, 0.1) is 0 Å². The van der Waals surface area contributed by atoms with Gasteiger partial charge in [-0.3, -0.25) is 4.79 Å². The fraction of sp³-hybridized carbons (Fsp3) is 0.800. The first kappa shape index (κ1) is 6.61. The molecule has 1 aliphatic heterocycles. The molecule has 0 aromatic carbocycles. The van der Waals surface area contributed by atoms with Crippen molar-refractivity contribution in [1.29, 1.82) is 0 Å². The number of rotatable bonds is 1. The third kappa shape index (κ3) is 1.45. The van der Waals surface area contributed by atoms with Crippen LogP contribution in [0.5, 0.6) is 0 Å². The normalized spacial score (nSPS) is 33.9. The molecule has 3 N–H and O–H groups in total. The van der Waals surface area contributed by atoms with E-state index in [0.29, 0.717) is 6.42 Å². The first-order valence-electron chi connectivity index (χ1n) is 3.18. The second-order valence-corrected chi connectivity index (χ2v) is 2.61. The molecule has 9 heavy (non-hydrogen) atoms. The quantitative estimate of drug-likeness (QED) is 0.464. The van der Waals surface area contributed by atoms with Gasteiger partial charge in [-0.25, -0.2) is 0 Å². The number of nitrogens with two attached hydrogens (primary N) is 1. The lowest BCUT2D eigenvalue weighted by Gasteiger charge is -2.00. The molecule has 1 aliphatic rings. The molecule has 0 unspecified atom stereocenters. The zero-order chi connectivity index (χ0) is 6.85. The Morgan fingerprint density at radius 2 is 2.44 bits per heavy atom. The summed E-state index contributed by atoms with van der Waals surface area (Å²) >= 11 is 0. The van der Waals surface area contributed by atoms with E-state index in [4.69, 9.17) is 10.8 Å². The Balaban J connectivity index is 2.39. The standard InChI is InChI=1S/C5H10BNO2/c7-3-1-4(5(8)9)6-2-3/h3-4,6H,1-2,7H2,(H,8,9)/t3-,4+/m1/s1. The first-order valence-corrected chi connectivity index (χ1v) is 3.18. The Bertz CT molecular complexity index is 128. The first-order chi connectivity index (χ1) is 4.20. The minimum Gasteiger partial charge on any atom is -0.482 e. The largest absolute Gasteiger partial charge is 0.482 e. The third-order valence-corrected chi connectivity index (χ3v) is 1.82. The SMILES string of the molecule is N[C@H]1CB[C@H](C(=O)O)C1. The molecule has 1 fully saturated rings. The van der Waals surface area contributed by atoms with Gasteiger partial charge in [0.2, 0.25) is 0 Å². The van der Waals surface area contributed by atoms with Crippen LogP contribution < -0.4 is 5.73 Å². The van der Waals surface area contributed by atoms with Crippen molar-refractivity contribution < 1.29 is 9.90 Å². The molecule has 0 bridgehead atoms. The van der Waals surface area contributed by atoms with Crippen LogP contribution in [-0.4, -0.2) is 24.4 Å². The van der Waals surface area contributed by atoms with Crippen LogP contribution in [0.15, 0.2) is 0 Å². The van der Waals surface area contributed by atoms with Crippen LogP contribution in [-0.2, 0) is 4.79 Å². The number of carboxylic acids is 1. The van der Waals surface area contributed by atoms with Gasteiger partial charge in [0, 0.05) is 5.82 Å². The van der Waals surface area contributed by atoms with Gasteiger partial charge in [0.05, 0.1) is 0 Å². The van der Waals surface area contributed by atoms with Gasteiger partial charge >= 0.3 is 0 Å². The average Bonchev–Trinajstić information content (AvgIpc) is 2.14. The van der Waals surface area contributed by atoms with Crippen LogP contribution in [0.3, 0.4) is 0 Å². The predicted octanol–water partition coefficient (Wildman–Crippen LogP) is -0.555. The summed E-state index contributed by atoms with van der Waals surface area (Å²) in [6, 6.07) is 0.131. The summed E-state index contributed by atoms with van der Waals surface area (Å²) < 4.78 is 0. The number of hydrogen-bond donors (Lipinski definition) is 2. The Morgan fingerprint density at radius 3 is 2.67 bits per heavy atom. The maximum Gasteiger partial charge on any atom is 0.298 e. The predicted molar refractivity (Wildman–Crippen MR) is 35.9 cm³/mol. The number of carbonyl (C=O) groups is 1. The zero-order valence-corrected chi connectivity index (χ0v) is 5.21. The Kier molecular flexibility index (Phi) is 1.76. The molecule has 0 spiro atoms. The summed E-state index contributed by atoms with van der Waals surface area (Å²) in [4.78, 5) is 10.3. The molecule has 0 aliphatic carbocycles. The van der Waals surface area contributed by atoms with Crippen molar-refractivity contribution in [2.24, 2.45) is 5.73 Å². The Hall–Kier alpha value is -0.505. The summed E-state index contributed by atoms with van der Waals surface area (Å²) in [6.07, 6.45) is 1.53. The molecular weight excluding hydrogens is 117 g/mol. The molecule has 4 heteroatoms. The van der Waals surface area contributed by atoms with Crippen LogP contribution in [0.2, 0.25) is 12.1 Å². The summed E-state index contributed by atoms with van der Waals surface area (Å²) in [5.41, 5.74) is 5.50. The lowest BCUT2D eigenvalue weighted by molar-refractivity contribution is -0.136. The van der Waals surface area contributed by atoms with Crippen molar-refractivity contribution in [3.05, 3.63) is 0 Å². The minimum absolute atomic E-state index is 0.131. The number of hydrogen-bond acceptors (Lipinski definition) is 2. The molecule has 0 aromatic heterocycles. The maximum atomic E-state index is 10.3. The second kappa shape index (κ2) is 2.39. The van der Waals surface area contributed by atoms with E-state index in [2.05, 4.69) is 0 Å². The van der Waals surface area contributed by atoms with Gasteiger partial charge in [-0.2, -0.15) is 0 Å². The van der Waals surface area contributed by atoms with Gasteiger partial charge in [-0.15, -0.1) is 0 Å². The van der Waals surface area contributed by atoms with E-state index >= 15 is 0 Å². The number of aliphatic carboxylic acids is 1. The molecule has 0 amide bonds. The fourth-order valence-electron chi connectivity index (χ4n) is 1.24. The lowest BCUT2D eigenvalue weighted by Crippen LogP contribution is -2.14. The van der Waals surface area contributed by atoms with Crippen LogP contribution in [0.4, 0.5) is 0 Å². The van der Waals surface area contributed by atoms with E-state index in [1.54, 1.807) is 0 Å². The van der Waals surface area contributed by atoms with Crippen LogP contribution in [0.1, 0.15) is 6.42 Å². The van der Waals surface area contributed by atoms with Crippen molar-refractivity contribution in [3.8, 4) is 0 Å². The van der Waals surface area contributed by atoms with E-state index in [9.17, 15) is 4.79 Å². The van der Waals surface area contributed by atoms with Crippen molar-refractivity contribution in [2.45, 2.75) is 24.6 Å². The second-order valence-electron chi connectivity index (χ2n) is 2.61. The lowest BCUT2D eigenvalue weighted by atomic mass is 9.67. The number of carboxylic acid groups (broad SMARTS) is 1. The van der Waals surface area contributed by atoms with E-state index < -0.39 is 5.97 Å². The van der Waals surface area contributed by atoms with E-state index in [1.165, 1.54) is 0 Å². The summed E-state index contributed by atoms with van der Waals surface area (Å²) in [5, 5.41) is 8.48. The van der Waals surface area contributed by atoms with Crippen molar-refractivity contribution >= 4 is 13.2 Å². The van der Waals surface area contributed by atoms with E-state index in [0.717, 1.165) is 13.6 Å². The van der Waals surface area contributed by atoms with Crippen LogP contribution in [0.25, 0.3) is 0 Å². The fourth-order valence-corrected chi connectivity index (χ4v) is 1.24. The molecular formula is C5H10BNO2. The topological polar surface area (TPSA) is 63.3 Å². The molecule has 3 nitrogen and oxygen atoms in total. The van der Waals surface area contributed by atoms with Crippen molar-refractivity contribution in [1.82, 2.24) is 0 Å². The monoisotopic (exact) mass is 127 g/mol.